The Hall–Kier alpha value is -0.350. The van der Waals surface area contributed by atoms with E-state index in [1.54, 1.807) is 0 Å². The van der Waals surface area contributed by atoms with Crippen LogP contribution in [0.4, 0.5) is 0 Å². The molecule has 0 aliphatic carbocycles. The van der Waals surface area contributed by atoms with E-state index in [4.69, 9.17) is 0 Å². The molecule has 1 atom stereocenters. The van der Waals surface area contributed by atoms with Gasteiger partial charge in [-0.05, 0) is 37.6 Å². The van der Waals surface area contributed by atoms with E-state index in [1.807, 2.05) is 32.0 Å². The van der Waals surface area contributed by atoms with Crippen molar-refractivity contribution in [1.82, 2.24) is 5.32 Å². The van der Waals surface area contributed by atoms with Gasteiger partial charge in [0.05, 0.1) is 0 Å². The second-order valence-electron chi connectivity index (χ2n) is 3.49. The van der Waals surface area contributed by atoms with Crippen LogP contribution in [-0.4, -0.2) is 17.3 Å². The van der Waals surface area contributed by atoms with Gasteiger partial charge in [-0.25, -0.2) is 0 Å². The molecule has 0 saturated carbocycles. The molecular weight excluding hydrogens is 322 g/mol. The smallest absolute Gasteiger partial charge is 0.251 e. The zero-order valence-electron chi connectivity index (χ0n) is 8.68. The number of hydrogen-bond donors (Lipinski definition) is 1. The normalized spacial score (nSPS) is 12.3. The number of alkyl halides is 1. The number of carbonyl (C=O) groups excluding carboxylic acids is 1. The van der Waals surface area contributed by atoms with Crippen molar-refractivity contribution < 1.29 is 4.79 Å². The van der Waals surface area contributed by atoms with Crippen LogP contribution in [0.2, 0.25) is 0 Å². The van der Waals surface area contributed by atoms with E-state index in [9.17, 15) is 4.79 Å². The van der Waals surface area contributed by atoms with E-state index >= 15 is 0 Å². The molecule has 0 bridgehead atoms. The van der Waals surface area contributed by atoms with Gasteiger partial charge in [-0.3, -0.25) is 4.79 Å². The van der Waals surface area contributed by atoms with E-state index in [0.29, 0.717) is 5.56 Å². The molecule has 0 fully saturated rings. The molecule has 82 valence electrons. The summed E-state index contributed by atoms with van der Waals surface area (Å²) >= 11 is 6.72. The predicted molar refractivity (Wildman–Crippen MR) is 69.6 cm³/mol. The van der Waals surface area contributed by atoms with Crippen LogP contribution in [0, 0.1) is 6.92 Å². The number of rotatable bonds is 3. The third-order valence-corrected chi connectivity index (χ3v) is 3.89. The zero-order valence-corrected chi connectivity index (χ0v) is 11.9. The average molecular weight is 335 g/mol. The van der Waals surface area contributed by atoms with Gasteiger partial charge in [0.1, 0.15) is 0 Å². The van der Waals surface area contributed by atoms with Crippen LogP contribution in [0.15, 0.2) is 22.7 Å². The first-order chi connectivity index (χ1) is 7.04. The van der Waals surface area contributed by atoms with E-state index in [1.165, 1.54) is 0 Å². The molecule has 0 spiro atoms. The maximum atomic E-state index is 11.7. The summed E-state index contributed by atoms with van der Waals surface area (Å²) in [5, 5.41) is 3.65. The van der Waals surface area contributed by atoms with E-state index in [0.717, 1.165) is 15.4 Å². The van der Waals surface area contributed by atoms with Crippen LogP contribution in [0.5, 0.6) is 0 Å². The molecule has 2 nitrogen and oxygen atoms in total. The first kappa shape index (κ1) is 12.7. The molecule has 0 aromatic heterocycles. The van der Waals surface area contributed by atoms with Crippen LogP contribution in [0.1, 0.15) is 22.8 Å². The molecule has 4 heteroatoms. The fourth-order valence-electron chi connectivity index (χ4n) is 1.13. The number of carbonyl (C=O) groups is 1. The Labute approximate surface area is 107 Å². The average Bonchev–Trinajstić information content (AvgIpc) is 2.21. The molecule has 0 aliphatic rings. The highest BCUT2D eigenvalue weighted by molar-refractivity contribution is 9.10. The van der Waals surface area contributed by atoms with Gasteiger partial charge in [0.15, 0.2) is 0 Å². The molecule has 1 aromatic rings. The summed E-state index contributed by atoms with van der Waals surface area (Å²) in [5.74, 6) is -0.0300. The highest BCUT2D eigenvalue weighted by Gasteiger charge is 2.09. The molecule has 1 aromatic carbocycles. The Morgan fingerprint density at radius 1 is 1.53 bits per heavy atom. The first-order valence-corrected chi connectivity index (χ1v) is 6.59. The van der Waals surface area contributed by atoms with Crippen molar-refractivity contribution in [3.05, 3.63) is 33.8 Å². The van der Waals surface area contributed by atoms with Gasteiger partial charge in [0.2, 0.25) is 0 Å². The summed E-state index contributed by atoms with van der Waals surface area (Å²) < 4.78 is 1.02. The van der Waals surface area contributed by atoms with Crippen molar-refractivity contribution >= 4 is 37.8 Å². The third-order valence-electron chi connectivity index (χ3n) is 2.03. The number of halogens is 2. The number of benzene rings is 1. The highest BCUT2D eigenvalue weighted by Crippen LogP contribution is 2.17. The second-order valence-corrected chi connectivity index (χ2v) is 4.99. The van der Waals surface area contributed by atoms with Gasteiger partial charge < -0.3 is 5.32 Å². The Balaban J connectivity index is 2.78. The fraction of sp³-hybridized carbons (Fsp3) is 0.364. The van der Waals surface area contributed by atoms with Gasteiger partial charge in [-0.2, -0.15) is 0 Å². The van der Waals surface area contributed by atoms with Crippen LogP contribution in [-0.2, 0) is 0 Å². The lowest BCUT2D eigenvalue weighted by atomic mass is 10.1. The monoisotopic (exact) mass is 333 g/mol. The maximum absolute atomic E-state index is 11.7. The lowest BCUT2D eigenvalue weighted by Gasteiger charge is -2.11. The van der Waals surface area contributed by atoms with Gasteiger partial charge in [-0.15, -0.1) is 0 Å². The molecule has 1 rings (SSSR count). The minimum atomic E-state index is -0.0300. The highest BCUT2D eigenvalue weighted by atomic mass is 79.9. The minimum absolute atomic E-state index is 0.0300. The molecule has 0 radical (unpaired) electrons. The summed E-state index contributed by atoms with van der Waals surface area (Å²) in [6, 6.07) is 5.72. The molecule has 1 unspecified atom stereocenters. The van der Waals surface area contributed by atoms with Crippen molar-refractivity contribution in [2.75, 3.05) is 5.33 Å². The molecule has 1 N–H and O–H groups in total. The Bertz CT molecular complexity index is 366. The second kappa shape index (κ2) is 5.66. The van der Waals surface area contributed by atoms with Crippen LogP contribution < -0.4 is 5.32 Å². The van der Waals surface area contributed by atoms with E-state index < -0.39 is 0 Å². The Morgan fingerprint density at radius 2 is 2.20 bits per heavy atom. The minimum Gasteiger partial charge on any atom is -0.349 e. The standard InChI is InChI=1S/C11H13Br2NO/c1-7-5-9(3-4-10(7)13)11(15)14-8(2)6-12/h3-5,8H,6H2,1-2H3,(H,14,15). The topological polar surface area (TPSA) is 29.1 Å². The van der Waals surface area contributed by atoms with Gasteiger partial charge in [0.25, 0.3) is 5.91 Å². The quantitative estimate of drug-likeness (QED) is 0.844. The van der Waals surface area contributed by atoms with Crippen LogP contribution in [0.3, 0.4) is 0 Å². The zero-order chi connectivity index (χ0) is 11.4. The summed E-state index contributed by atoms with van der Waals surface area (Å²) in [6.07, 6.45) is 0. The van der Waals surface area contributed by atoms with Crippen molar-refractivity contribution in [3.63, 3.8) is 0 Å². The Morgan fingerprint density at radius 3 is 2.73 bits per heavy atom. The molecule has 0 heterocycles. The van der Waals surface area contributed by atoms with Crippen molar-refractivity contribution in [2.45, 2.75) is 19.9 Å². The SMILES string of the molecule is Cc1cc(C(=O)NC(C)CBr)ccc1Br. The lowest BCUT2D eigenvalue weighted by Crippen LogP contribution is -2.33. The molecular formula is C11H13Br2NO. The molecule has 1 amide bonds. The molecule has 0 saturated heterocycles. The fourth-order valence-corrected chi connectivity index (χ4v) is 1.54. The van der Waals surface area contributed by atoms with Gasteiger partial charge in [0, 0.05) is 21.4 Å². The van der Waals surface area contributed by atoms with E-state index in [-0.39, 0.29) is 11.9 Å². The number of aryl methyl sites for hydroxylation is 1. The Kier molecular flexibility index (Phi) is 4.80. The first-order valence-electron chi connectivity index (χ1n) is 4.67. The van der Waals surface area contributed by atoms with Gasteiger partial charge >= 0.3 is 0 Å². The van der Waals surface area contributed by atoms with Gasteiger partial charge in [-0.1, -0.05) is 31.9 Å². The summed E-state index contributed by atoms with van der Waals surface area (Å²) in [4.78, 5) is 11.7. The third kappa shape index (κ3) is 3.61. The summed E-state index contributed by atoms with van der Waals surface area (Å²) in [6.45, 7) is 3.92. The molecule has 15 heavy (non-hydrogen) atoms. The largest absolute Gasteiger partial charge is 0.349 e. The maximum Gasteiger partial charge on any atom is 0.251 e. The summed E-state index contributed by atoms with van der Waals surface area (Å²) in [7, 11) is 0. The summed E-state index contributed by atoms with van der Waals surface area (Å²) in [5.41, 5.74) is 1.76. The van der Waals surface area contributed by atoms with Crippen molar-refractivity contribution in [2.24, 2.45) is 0 Å². The van der Waals surface area contributed by atoms with Crippen LogP contribution in [0.25, 0.3) is 0 Å². The number of nitrogens with one attached hydrogen (secondary N) is 1. The number of hydrogen-bond acceptors (Lipinski definition) is 1. The molecule has 0 aliphatic heterocycles. The van der Waals surface area contributed by atoms with Crippen LogP contribution >= 0.6 is 31.9 Å². The number of amides is 1. The lowest BCUT2D eigenvalue weighted by molar-refractivity contribution is 0.0944. The van der Waals surface area contributed by atoms with Crippen molar-refractivity contribution in [3.8, 4) is 0 Å². The predicted octanol–water partition coefficient (Wildman–Crippen LogP) is 3.27. The van der Waals surface area contributed by atoms with E-state index in [2.05, 4.69) is 37.2 Å². The van der Waals surface area contributed by atoms with Crippen molar-refractivity contribution in [1.29, 1.82) is 0 Å².